The molecule has 0 amide bonds. The van der Waals surface area contributed by atoms with Gasteiger partial charge in [-0.3, -0.25) is 4.79 Å². The molecule has 0 fully saturated rings. The molecule has 1 aromatic rings. The van der Waals surface area contributed by atoms with Gasteiger partial charge in [-0.15, -0.1) is 0 Å². The summed E-state index contributed by atoms with van der Waals surface area (Å²) in [7, 11) is 1.36. The first-order valence-electron chi connectivity index (χ1n) is 4.91. The van der Waals surface area contributed by atoms with Crippen LogP contribution in [0, 0.1) is 6.92 Å². The van der Waals surface area contributed by atoms with Gasteiger partial charge in [-0.25, -0.2) is 0 Å². The van der Waals surface area contributed by atoms with Gasteiger partial charge < -0.3 is 19.5 Å². The van der Waals surface area contributed by atoms with Crippen molar-refractivity contribution in [3.8, 4) is 11.5 Å². The zero-order chi connectivity index (χ0) is 11.5. The molecule has 0 saturated heterocycles. The van der Waals surface area contributed by atoms with Gasteiger partial charge in [-0.05, 0) is 18.6 Å². The summed E-state index contributed by atoms with van der Waals surface area (Å²) in [4.78, 5) is 11.0. The van der Waals surface area contributed by atoms with E-state index in [4.69, 9.17) is 9.47 Å². The maximum Gasteiger partial charge on any atom is 0.325 e. The summed E-state index contributed by atoms with van der Waals surface area (Å²) in [6.45, 7) is 2.31. The summed E-state index contributed by atoms with van der Waals surface area (Å²) >= 11 is 0. The fourth-order valence-corrected chi connectivity index (χ4v) is 1.47. The lowest BCUT2D eigenvalue weighted by molar-refractivity contribution is -0.138. The van der Waals surface area contributed by atoms with Gasteiger partial charge in [-0.2, -0.15) is 0 Å². The Kier molecular flexibility index (Phi) is 2.85. The van der Waals surface area contributed by atoms with E-state index in [9.17, 15) is 4.79 Å². The Hall–Kier alpha value is -1.91. The predicted molar refractivity (Wildman–Crippen MR) is 57.8 cm³/mol. The number of rotatable bonds is 3. The molecule has 5 nitrogen and oxygen atoms in total. The van der Waals surface area contributed by atoms with Crippen molar-refractivity contribution in [2.45, 2.75) is 6.92 Å². The van der Waals surface area contributed by atoms with E-state index in [1.807, 2.05) is 19.1 Å². The van der Waals surface area contributed by atoms with Crippen molar-refractivity contribution in [1.82, 2.24) is 0 Å². The van der Waals surface area contributed by atoms with Gasteiger partial charge in [0.15, 0.2) is 11.5 Å². The molecular weight excluding hydrogens is 210 g/mol. The summed E-state index contributed by atoms with van der Waals surface area (Å²) in [5, 5.41) is 2.98. The molecule has 0 aromatic heterocycles. The number of benzene rings is 1. The van der Waals surface area contributed by atoms with Crippen LogP contribution < -0.4 is 14.8 Å². The molecule has 0 bridgehead atoms. The number of nitrogens with one attached hydrogen (secondary N) is 1. The highest BCUT2D eigenvalue weighted by molar-refractivity contribution is 5.75. The third kappa shape index (κ3) is 2.03. The molecule has 16 heavy (non-hydrogen) atoms. The highest BCUT2D eigenvalue weighted by Gasteiger charge is 2.15. The summed E-state index contributed by atoms with van der Waals surface area (Å²) in [5.74, 6) is 1.12. The van der Waals surface area contributed by atoms with E-state index >= 15 is 0 Å². The van der Waals surface area contributed by atoms with Crippen LogP contribution in [0.15, 0.2) is 12.1 Å². The lowest BCUT2D eigenvalue weighted by atomic mass is 10.2. The molecule has 0 aliphatic carbocycles. The first-order valence-corrected chi connectivity index (χ1v) is 4.91. The van der Waals surface area contributed by atoms with Gasteiger partial charge in [0.05, 0.1) is 7.11 Å². The van der Waals surface area contributed by atoms with Crippen molar-refractivity contribution >= 4 is 11.7 Å². The topological polar surface area (TPSA) is 56.8 Å². The first-order chi connectivity index (χ1) is 7.70. The summed E-state index contributed by atoms with van der Waals surface area (Å²) in [5.41, 5.74) is 1.84. The number of methoxy groups -OCH3 is 1. The lowest BCUT2D eigenvalue weighted by Gasteiger charge is -2.09. The third-order valence-electron chi connectivity index (χ3n) is 2.37. The number of esters is 1. The molecule has 1 aromatic carbocycles. The van der Waals surface area contributed by atoms with Crippen LogP contribution in [0.1, 0.15) is 5.56 Å². The van der Waals surface area contributed by atoms with Gasteiger partial charge in [0, 0.05) is 11.8 Å². The highest BCUT2D eigenvalue weighted by Crippen LogP contribution is 2.36. The normalized spacial score (nSPS) is 12.4. The van der Waals surface area contributed by atoms with Gasteiger partial charge >= 0.3 is 5.97 Å². The molecule has 1 heterocycles. The van der Waals surface area contributed by atoms with Gasteiger partial charge in [0.2, 0.25) is 6.79 Å². The number of fused-ring (bicyclic) bond motifs is 1. The van der Waals surface area contributed by atoms with Crippen molar-refractivity contribution in [3.05, 3.63) is 17.7 Å². The number of aryl methyl sites for hydroxylation is 1. The van der Waals surface area contributed by atoms with Crippen molar-refractivity contribution < 1.29 is 19.0 Å². The van der Waals surface area contributed by atoms with Crippen LogP contribution in [0.2, 0.25) is 0 Å². The Morgan fingerprint density at radius 3 is 2.81 bits per heavy atom. The smallest absolute Gasteiger partial charge is 0.325 e. The third-order valence-corrected chi connectivity index (χ3v) is 2.37. The zero-order valence-electron chi connectivity index (χ0n) is 9.20. The number of hydrogen-bond acceptors (Lipinski definition) is 5. The van der Waals surface area contributed by atoms with E-state index in [1.54, 1.807) is 0 Å². The lowest BCUT2D eigenvalue weighted by Crippen LogP contribution is -2.15. The molecule has 0 atom stereocenters. The van der Waals surface area contributed by atoms with Crippen LogP contribution in [0.4, 0.5) is 5.69 Å². The second-order valence-electron chi connectivity index (χ2n) is 3.45. The van der Waals surface area contributed by atoms with Crippen LogP contribution in [-0.4, -0.2) is 26.4 Å². The Morgan fingerprint density at radius 1 is 1.44 bits per heavy atom. The summed E-state index contributed by atoms with van der Waals surface area (Å²) in [6.07, 6.45) is 0. The van der Waals surface area contributed by atoms with Crippen molar-refractivity contribution in [2.75, 3.05) is 25.8 Å². The molecule has 5 heteroatoms. The van der Waals surface area contributed by atoms with Gasteiger partial charge in [0.25, 0.3) is 0 Å². The average molecular weight is 223 g/mol. The van der Waals surface area contributed by atoms with Crippen LogP contribution in [-0.2, 0) is 9.53 Å². The summed E-state index contributed by atoms with van der Waals surface area (Å²) < 4.78 is 15.0. The fraction of sp³-hybridized carbons (Fsp3) is 0.364. The largest absolute Gasteiger partial charge is 0.468 e. The number of ether oxygens (including phenoxy) is 3. The number of carbonyl (C=O) groups excluding carboxylic acids is 1. The van der Waals surface area contributed by atoms with Gasteiger partial charge in [0.1, 0.15) is 6.54 Å². The molecule has 0 radical (unpaired) electrons. The molecule has 1 aliphatic rings. The Morgan fingerprint density at radius 2 is 2.12 bits per heavy atom. The van der Waals surface area contributed by atoms with E-state index in [0.29, 0.717) is 5.75 Å². The first kappa shape index (κ1) is 10.6. The second-order valence-corrected chi connectivity index (χ2v) is 3.45. The molecule has 1 N–H and O–H groups in total. The minimum absolute atomic E-state index is 0.136. The van der Waals surface area contributed by atoms with E-state index in [1.165, 1.54) is 7.11 Å². The monoisotopic (exact) mass is 223 g/mol. The zero-order valence-corrected chi connectivity index (χ0v) is 9.20. The average Bonchev–Trinajstić information content (AvgIpc) is 2.72. The molecule has 1 aliphatic heterocycles. The minimum Gasteiger partial charge on any atom is -0.468 e. The quantitative estimate of drug-likeness (QED) is 0.783. The predicted octanol–water partition coefficient (Wildman–Crippen LogP) is 1.31. The standard InChI is InChI=1S/C11H13NO4/c1-7-3-9-10(16-6-15-9)4-8(7)12-5-11(13)14-2/h3-4,12H,5-6H2,1-2H3. The second kappa shape index (κ2) is 4.30. The van der Waals surface area contributed by atoms with Gasteiger partial charge in [-0.1, -0.05) is 0 Å². The van der Waals surface area contributed by atoms with E-state index < -0.39 is 0 Å². The highest BCUT2D eigenvalue weighted by atomic mass is 16.7. The van der Waals surface area contributed by atoms with E-state index in [2.05, 4.69) is 10.1 Å². The van der Waals surface area contributed by atoms with Crippen LogP contribution >= 0.6 is 0 Å². The van der Waals surface area contributed by atoms with Crippen LogP contribution in [0.5, 0.6) is 11.5 Å². The Labute approximate surface area is 93.3 Å². The minimum atomic E-state index is -0.308. The van der Waals surface area contributed by atoms with E-state index in [0.717, 1.165) is 17.0 Å². The number of hydrogen-bond donors (Lipinski definition) is 1. The molecule has 0 spiro atoms. The SMILES string of the molecule is COC(=O)CNc1cc2c(cc1C)OCO2. The fourth-order valence-electron chi connectivity index (χ4n) is 1.47. The van der Waals surface area contributed by atoms with Crippen molar-refractivity contribution in [3.63, 3.8) is 0 Å². The summed E-state index contributed by atoms with van der Waals surface area (Å²) in [6, 6.07) is 3.70. The van der Waals surface area contributed by atoms with Crippen molar-refractivity contribution in [1.29, 1.82) is 0 Å². The molecule has 86 valence electrons. The maximum atomic E-state index is 11.0. The van der Waals surface area contributed by atoms with Crippen LogP contribution in [0.25, 0.3) is 0 Å². The molecule has 2 rings (SSSR count). The molecular formula is C11H13NO4. The molecule has 0 unspecified atom stereocenters. The van der Waals surface area contributed by atoms with E-state index in [-0.39, 0.29) is 19.3 Å². The van der Waals surface area contributed by atoms with Crippen LogP contribution in [0.3, 0.4) is 0 Å². The Bertz CT molecular complexity index is 417. The Balaban J connectivity index is 2.12. The number of anilines is 1. The van der Waals surface area contributed by atoms with Crippen molar-refractivity contribution in [2.24, 2.45) is 0 Å². The number of carbonyl (C=O) groups is 1. The maximum absolute atomic E-state index is 11.0. The molecule has 0 saturated carbocycles.